The van der Waals surface area contributed by atoms with Crippen LogP contribution in [0, 0.1) is 11.3 Å². The van der Waals surface area contributed by atoms with Gasteiger partial charge in [0.2, 0.25) is 0 Å². The molecule has 2 aromatic carbocycles. The minimum atomic E-state index is -1.04. The van der Waals surface area contributed by atoms with Gasteiger partial charge in [-0.2, -0.15) is 5.26 Å². The first-order valence-corrected chi connectivity index (χ1v) is 12.7. The Kier molecular flexibility index (Phi) is 6.17. The zero-order valence-electron chi connectivity index (χ0n) is 21.1. The lowest BCUT2D eigenvalue weighted by Gasteiger charge is -2.15. The fourth-order valence-electron chi connectivity index (χ4n) is 5.01. The number of nitrogens with zero attached hydrogens (tertiary/aromatic N) is 7. The highest BCUT2D eigenvalue weighted by Gasteiger charge is 2.28. The van der Waals surface area contributed by atoms with E-state index in [1.165, 1.54) is 17.9 Å². The topological polar surface area (TPSA) is 146 Å². The first-order chi connectivity index (χ1) is 19.3. The number of aromatic amines is 1. The van der Waals surface area contributed by atoms with E-state index in [9.17, 15) is 14.7 Å². The number of hydrogen-bond donors (Lipinski definition) is 2. The van der Waals surface area contributed by atoms with E-state index in [1.807, 2.05) is 24.3 Å². The summed E-state index contributed by atoms with van der Waals surface area (Å²) >= 11 is 6.32. The molecule has 6 rings (SSSR count). The molecule has 3 aromatic heterocycles. The van der Waals surface area contributed by atoms with E-state index >= 15 is 0 Å². The largest absolute Gasteiger partial charge is 0.465 e. The fraction of sp³-hybridized carbons (Fsp3) is 0.143. The maximum absolute atomic E-state index is 13.5. The Morgan fingerprint density at radius 3 is 2.70 bits per heavy atom. The van der Waals surface area contributed by atoms with E-state index in [4.69, 9.17) is 16.9 Å². The third-order valence-corrected chi connectivity index (χ3v) is 7.26. The number of carbonyl (C=O) groups is 1. The van der Waals surface area contributed by atoms with Gasteiger partial charge in [-0.05, 0) is 60.4 Å². The number of anilines is 1. The Balaban J connectivity index is 1.32. The van der Waals surface area contributed by atoms with Crippen LogP contribution in [-0.2, 0) is 6.42 Å². The summed E-state index contributed by atoms with van der Waals surface area (Å²) in [5, 5.41) is 26.7. The van der Waals surface area contributed by atoms with E-state index in [2.05, 4.69) is 20.3 Å². The molecule has 198 valence electrons. The number of benzene rings is 2. The van der Waals surface area contributed by atoms with Gasteiger partial charge < -0.3 is 14.7 Å². The van der Waals surface area contributed by atoms with E-state index in [0.29, 0.717) is 46.2 Å². The summed E-state index contributed by atoms with van der Waals surface area (Å²) in [4.78, 5) is 33.7. The van der Waals surface area contributed by atoms with Crippen LogP contribution in [0.5, 0.6) is 0 Å². The molecule has 1 atom stereocenters. The van der Waals surface area contributed by atoms with Crippen molar-refractivity contribution in [1.82, 2.24) is 29.5 Å². The fourth-order valence-corrected chi connectivity index (χ4v) is 5.18. The average molecular weight is 553 g/mol. The SMILES string of the molecule is CN(C(=O)O)c1ccc(-c2cnc([C@@H]3CCc4cc(-c5cc(Cl)ccc5-n5cc(C#N)nn5)cc(=O)n43)[nH]2)cc1. The molecule has 4 heterocycles. The highest BCUT2D eigenvalue weighted by atomic mass is 35.5. The number of nitrogens with one attached hydrogen (secondary N) is 1. The number of aryl methyl sites for hydroxylation is 1. The Bertz CT molecular complexity index is 1870. The minimum absolute atomic E-state index is 0.170. The van der Waals surface area contributed by atoms with Crippen LogP contribution in [0.4, 0.5) is 10.5 Å². The average Bonchev–Trinajstić information content (AvgIpc) is 3.72. The van der Waals surface area contributed by atoms with Crippen molar-refractivity contribution >= 4 is 23.4 Å². The second kappa shape index (κ2) is 9.83. The molecular weight excluding hydrogens is 532 g/mol. The van der Waals surface area contributed by atoms with Crippen molar-refractivity contribution in [2.45, 2.75) is 18.9 Å². The molecule has 0 saturated heterocycles. The lowest BCUT2D eigenvalue weighted by molar-refractivity contribution is 0.203. The number of imidazole rings is 1. The molecule has 0 unspecified atom stereocenters. The number of aromatic nitrogens is 6. The van der Waals surface area contributed by atoms with E-state index < -0.39 is 6.09 Å². The monoisotopic (exact) mass is 552 g/mol. The summed E-state index contributed by atoms with van der Waals surface area (Å²) in [7, 11) is 1.48. The van der Waals surface area contributed by atoms with Gasteiger partial charge >= 0.3 is 6.09 Å². The molecule has 0 fully saturated rings. The van der Waals surface area contributed by atoms with Crippen LogP contribution in [0.25, 0.3) is 28.1 Å². The number of rotatable bonds is 5. The molecule has 40 heavy (non-hydrogen) atoms. The molecular formula is C28H21ClN8O3. The van der Waals surface area contributed by atoms with Crippen molar-refractivity contribution in [2.24, 2.45) is 0 Å². The standard InChI is InChI=1S/C28H21ClN8O3/c1-35(28(39)40)20-5-2-16(3-6-20)23-14-31-27(32-23)25-9-7-21-10-17(11-26(38)37(21)25)22-12-18(29)4-8-24(22)36-15-19(13-30)33-34-36/h2-6,8,10-12,14-15,25H,7,9H2,1H3,(H,31,32)(H,39,40)/t25-/m0/s1. The maximum Gasteiger partial charge on any atom is 0.411 e. The number of hydrogen-bond acceptors (Lipinski definition) is 6. The van der Waals surface area contributed by atoms with Crippen LogP contribution in [0.2, 0.25) is 5.02 Å². The van der Waals surface area contributed by atoms with Crippen molar-refractivity contribution in [2.75, 3.05) is 11.9 Å². The van der Waals surface area contributed by atoms with E-state index in [1.54, 1.807) is 47.2 Å². The Hall–Kier alpha value is -5.21. The lowest BCUT2D eigenvalue weighted by atomic mass is 10.0. The molecule has 1 aliphatic rings. The Morgan fingerprint density at radius 2 is 1.98 bits per heavy atom. The zero-order valence-corrected chi connectivity index (χ0v) is 21.9. The van der Waals surface area contributed by atoms with Crippen molar-refractivity contribution in [3.63, 3.8) is 0 Å². The highest BCUT2D eigenvalue weighted by molar-refractivity contribution is 6.31. The number of nitriles is 1. The molecule has 0 aliphatic carbocycles. The first-order valence-electron chi connectivity index (χ1n) is 12.3. The van der Waals surface area contributed by atoms with Gasteiger partial charge in [0.05, 0.1) is 29.8 Å². The third-order valence-electron chi connectivity index (χ3n) is 7.02. The molecule has 0 radical (unpaired) electrons. The van der Waals surface area contributed by atoms with Gasteiger partial charge in [0, 0.05) is 35.1 Å². The second-order valence-corrected chi connectivity index (χ2v) is 9.83. The molecule has 2 N–H and O–H groups in total. The van der Waals surface area contributed by atoms with Crippen molar-refractivity contribution in [3.8, 4) is 34.1 Å². The maximum atomic E-state index is 13.5. The summed E-state index contributed by atoms with van der Waals surface area (Å²) in [6.07, 6.45) is 3.58. The molecule has 1 aliphatic heterocycles. The first kappa shape index (κ1) is 25.1. The van der Waals surface area contributed by atoms with Gasteiger partial charge in [-0.15, -0.1) is 5.10 Å². The van der Waals surface area contributed by atoms with Gasteiger partial charge in [-0.1, -0.05) is 28.9 Å². The smallest absolute Gasteiger partial charge is 0.411 e. The second-order valence-electron chi connectivity index (χ2n) is 9.39. The molecule has 0 spiro atoms. The van der Waals surface area contributed by atoms with E-state index in [-0.39, 0.29) is 17.3 Å². The molecule has 12 heteroatoms. The number of carboxylic acid groups (broad SMARTS) is 1. The third kappa shape index (κ3) is 4.40. The quantitative estimate of drug-likeness (QED) is 0.322. The van der Waals surface area contributed by atoms with Crippen LogP contribution in [-0.4, -0.2) is 47.8 Å². The normalized spacial score (nSPS) is 14.1. The number of halogens is 1. The predicted molar refractivity (Wildman–Crippen MR) is 148 cm³/mol. The molecule has 5 aromatic rings. The Morgan fingerprint density at radius 1 is 1.18 bits per heavy atom. The van der Waals surface area contributed by atoms with Crippen LogP contribution in [0.3, 0.4) is 0 Å². The molecule has 1 amide bonds. The van der Waals surface area contributed by atoms with Crippen molar-refractivity contribution < 1.29 is 9.90 Å². The summed E-state index contributed by atoms with van der Waals surface area (Å²) in [6, 6.07) is 17.6. The van der Waals surface area contributed by atoms with Gasteiger partial charge in [0.25, 0.3) is 5.56 Å². The van der Waals surface area contributed by atoms with Gasteiger partial charge in [-0.3, -0.25) is 9.69 Å². The number of fused-ring (bicyclic) bond motifs is 1. The molecule has 0 bridgehead atoms. The number of pyridine rings is 1. The summed E-state index contributed by atoms with van der Waals surface area (Å²) in [5.74, 6) is 0.672. The van der Waals surface area contributed by atoms with Gasteiger partial charge in [0.1, 0.15) is 11.9 Å². The van der Waals surface area contributed by atoms with Gasteiger partial charge in [0.15, 0.2) is 5.69 Å². The van der Waals surface area contributed by atoms with Gasteiger partial charge in [-0.25, -0.2) is 14.5 Å². The summed E-state index contributed by atoms with van der Waals surface area (Å²) < 4.78 is 3.25. The number of amides is 1. The van der Waals surface area contributed by atoms with E-state index in [0.717, 1.165) is 21.9 Å². The summed E-state index contributed by atoms with van der Waals surface area (Å²) in [6.45, 7) is 0. The zero-order chi connectivity index (χ0) is 28.0. The predicted octanol–water partition coefficient (Wildman–Crippen LogP) is 4.66. The van der Waals surface area contributed by atoms with Crippen LogP contribution in [0.1, 0.15) is 29.7 Å². The number of H-pyrrole nitrogens is 1. The van der Waals surface area contributed by atoms with Crippen LogP contribution in [0.15, 0.2) is 71.8 Å². The minimum Gasteiger partial charge on any atom is -0.465 e. The molecule has 0 saturated carbocycles. The van der Waals surface area contributed by atoms with Crippen molar-refractivity contribution in [1.29, 1.82) is 5.26 Å². The highest BCUT2D eigenvalue weighted by Crippen LogP contribution is 2.34. The van der Waals surface area contributed by atoms with Crippen LogP contribution < -0.4 is 10.5 Å². The molecule has 11 nitrogen and oxygen atoms in total. The summed E-state index contributed by atoms with van der Waals surface area (Å²) in [5.41, 5.74) is 5.09. The van der Waals surface area contributed by atoms with Crippen molar-refractivity contribution in [3.05, 3.63) is 99.6 Å². The van der Waals surface area contributed by atoms with Crippen LogP contribution >= 0.6 is 11.6 Å². The Labute approximate surface area is 232 Å². The lowest BCUT2D eigenvalue weighted by Crippen LogP contribution is -2.24.